The third kappa shape index (κ3) is 3.39. The summed E-state index contributed by atoms with van der Waals surface area (Å²) in [5, 5.41) is 11.0. The fourth-order valence-electron chi connectivity index (χ4n) is 3.12. The van der Waals surface area contributed by atoms with E-state index in [4.69, 9.17) is 0 Å². The van der Waals surface area contributed by atoms with E-state index >= 15 is 0 Å². The second-order valence-electron chi connectivity index (χ2n) is 7.33. The lowest BCUT2D eigenvalue weighted by Gasteiger charge is -2.28. The maximum atomic E-state index is 11.0. The summed E-state index contributed by atoms with van der Waals surface area (Å²) >= 11 is 0. The molecule has 0 bridgehead atoms. The highest BCUT2D eigenvalue weighted by molar-refractivity contribution is 5.29. The Labute approximate surface area is 118 Å². The Hall–Kier alpha value is -0.820. The highest BCUT2D eigenvalue weighted by atomic mass is 16.3. The van der Waals surface area contributed by atoms with E-state index in [1.54, 1.807) is 0 Å². The topological polar surface area (TPSA) is 20.2 Å². The van der Waals surface area contributed by atoms with Gasteiger partial charge in [-0.3, -0.25) is 0 Å². The largest absolute Gasteiger partial charge is 0.385 e. The first-order valence-electron chi connectivity index (χ1n) is 7.65. The zero-order valence-corrected chi connectivity index (χ0v) is 12.9. The van der Waals surface area contributed by atoms with Gasteiger partial charge >= 0.3 is 0 Å². The molecule has 1 aliphatic rings. The maximum absolute atomic E-state index is 11.0. The van der Waals surface area contributed by atoms with Crippen LogP contribution in [0.4, 0.5) is 0 Å². The first kappa shape index (κ1) is 14.6. The van der Waals surface area contributed by atoms with Crippen molar-refractivity contribution in [1.29, 1.82) is 0 Å². The van der Waals surface area contributed by atoms with Crippen LogP contribution in [0.15, 0.2) is 24.3 Å². The van der Waals surface area contributed by atoms with Gasteiger partial charge < -0.3 is 5.11 Å². The Morgan fingerprint density at radius 1 is 0.947 bits per heavy atom. The third-order valence-corrected chi connectivity index (χ3v) is 4.77. The van der Waals surface area contributed by atoms with Crippen molar-refractivity contribution in [2.24, 2.45) is 5.41 Å². The van der Waals surface area contributed by atoms with Crippen molar-refractivity contribution < 1.29 is 5.11 Å². The fourth-order valence-corrected chi connectivity index (χ4v) is 3.12. The molecule has 0 amide bonds. The highest BCUT2D eigenvalue weighted by Gasteiger charge is 2.35. The molecule has 106 valence electrons. The van der Waals surface area contributed by atoms with E-state index in [1.807, 2.05) is 0 Å². The molecule has 1 fully saturated rings. The number of rotatable bonds is 2. The molecule has 0 aromatic heterocycles. The lowest BCUT2D eigenvalue weighted by atomic mass is 9.82. The smallest absolute Gasteiger partial charge is 0.0896 e. The van der Waals surface area contributed by atoms with E-state index in [-0.39, 0.29) is 0 Å². The molecule has 1 atom stereocenters. The molecule has 0 heterocycles. The van der Waals surface area contributed by atoms with E-state index in [9.17, 15) is 5.11 Å². The molecule has 0 spiro atoms. The van der Waals surface area contributed by atoms with Crippen LogP contribution >= 0.6 is 0 Å². The van der Waals surface area contributed by atoms with Crippen molar-refractivity contribution >= 4 is 0 Å². The van der Waals surface area contributed by atoms with Crippen LogP contribution in [0.1, 0.15) is 76.8 Å². The van der Waals surface area contributed by atoms with Crippen molar-refractivity contribution in [2.75, 3.05) is 0 Å². The first-order valence-corrected chi connectivity index (χ1v) is 7.65. The van der Waals surface area contributed by atoms with Gasteiger partial charge in [0, 0.05) is 0 Å². The monoisotopic (exact) mass is 260 g/mol. The quantitative estimate of drug-likeness (QED) is 0.743. The molecular formula is C18H28O. The standard InChI is InChI=1S/C18H28O/c1-14(2)15-6-8-16(9-7-15)18(19)11-5-10-17(3,4)12-13-18/h6-9,14,19H,5,10-13H2,1-4H3. The van der Waals surface area contributed by atoms with E-state index in [2.05, 4.69) is 52.0 Å². The average molecular weight is 260 g/mol. The van der Waals surface area contributed by atoms with Crippen molar-refractivity contribution in [2.45, 2.75) is 71.3 Å². The van der Waals surface area contributed by atoms with Gasteiger partial charge in [0.2, 0.25) is 0 Å². The Balaban J connectivity index is 2.19. The molecule has 0 saturated heterocycles. The molecule has 1 nitrogen and oxygen atoms in total. The van der Waals surface area contributed by atoms with E-state index in [1.165, 1.54) is 12.0 Å². The van der Waals surface area contributed by atoms with Gasteiger partial charge in [-0.1, -0.05) is 52.0 Å². The number of aliphatic hydroxyl groups is 1. The highest BCUT2D eigenvalue weighted by Crippen LogP contribution is 2.42. The Morgan fingerprint density at radius 3 is 2.16 bits per heavy atom. The molecule has 1 aliphatic carbocycles. The summed E-state index contributed by atoms with van der Waals surface area (Å²) in [5.74, 6) is 0.553. The van der Waals surface area contributed by atoms with Crippen molar-refractivity contribution in [3.05, 3.63) is 35.4 Å². The van der Waals surface area contributed by atoms with Crippen molar-refractivity contribution in [3.8, 4) is 0 Å². The van der Waals surface area contributed by atoms with Gasteiger partial charge in [0.15, 0.2) is 0 Å². The van der Waals surface area contributed by atoms with Crippen LogP contribution in [0.2, 0.25) is 0 Å². The van der Waals surface area contributed by atoms with Crippen LogP contribution in [0.3, 0.4) is 0 Å². The lowest BCUT2D eigenvalue weighted by Crippen LogP contribution is -2.25. The summed E-state index contributed by atoms with van der Waals surface area (Å²) in [6.07, 6.45) is 5.24. The van der Waals surface area contributed by atoms with Crippen molar-refractivity contribution in [3.63, 3.8) is 0 Å². The first-order chi connectivity index (χ1) is 8.82. The summed E-state index contributed by atoms with van der Waals surface area (Å²) in [4.78, 5) is 0. The van der Waals surface area contributed by atoms with Gasteiger partial charge in [0.25, 0.3) is 0 Å². The zero-order valence-electron chi connectivity index (χ0n) is 12.9. The molecule has 1 saturated carbocycles. The molecule has 1 unspecified atom stereocenters. The number of benzene rings is 1. The zero-order chi connectivity index (χ0) is 14.1. The van der Waals surface area contributed by atoms with Gasteiger partial charge in [-0.25, -0.2) is 0 Å². The van der Waals surface area contributed by atoms with Crippen LogP contribution in [-0.4, -0.2) is 5.11 Å². The molecule has 0 radical (unpaired) electrons. The number of hydrogen-bond acceptors (Lipinski definition) is 1. The lowest BCUT2D eigenvalue weighted by molar-refractivity contribution is 0.0180. The Morgan fingerprint density at radius 2 is 1.58 bits per heavy atom. The van der Waals surface area contributed by atoms with E-state index in [0.29, 0.717) is 11.3 Å². The molecule has 1 aromatic carbocycles. The third-order valence-electron chi connectivity index (χ3n) is 4.77. The van der Waals surface area contributed by atoms with Gasteiger partial charge in [-0.15, -0.1) is 0 Å². The van der Waals surface area contributed by atoms with Crippen molar-refractivity contribution in [1.82, 2.24) is 0 Å². The van der Waals surface area contributed by atoms with Crippen LogP contribution < -0.4 is 0 Å². The minimum atomic E-state index is -0.608. The Bertz CT molecular complexity index is 416. The normalized spacial score (nSPS) is 27.3. The molecule has 2 rings (SSSR count). The summed E-state index contributed by atoms with van der Waals surface area (Å²) in [5.41, 5.74) is 2.22. The van der Waals surface area contributed by atoms with Crippen LogP contribution in [0.25, 0.3) is 0 Å². The Kier molecular flexibility index (Phi) is 4.06. The molecular weight excluding hydrogens is 232 g/mol. The van der Waals surface area contributed by atoms with Gasteiger partial charge in [0.1, 0.15) is 0 Å². The number of hydrogen-bond donors (Lipinski definition) is 1. The maximum Gasteiger partial charge on any atom is 0.0896 e. The van der Waals surface area contributed by atoms with Crippen LogP contribution in [0.5, 0.6) is 0 Å². The summed E-state index contributed by atoms with van der Waals surface area (Å²) in [6.45, 7) is 9.05. The summed E-state index contributed by atoms with van der Waals surface area (Å²) < 4.78 is 0. The van der Waals surface area contributed by atoms with E-state index < -0.39 is 5.60 Å². The van der Waals surface area contributed by atoms with Crippen LogP contribution in [0, 0.1) is 5.41 Å². The summed E-state index contributed by atoms with van der Waals surface area (Å²) in [6, 6.07) is 8.61. The average Bonchev–Trinajstić information content (AvgIpc) is 2.50. The predicted octanol–water partition coefficient (Wildman–Crippen LogP) is 4.99. The second-order valence-corrected chi connectivity index (χ2v) is 7.33. The minimum Gasteiger partial charge on any atom is -0.385 e. The minimum absolute atomic E-state index is 0.377. The SMILES string of the molecule is CC(C)c1ccc(C2(O)CCCC(C)(C)CC2)cc1. The molecule has 0 aliphatic heterocycles. The summed E-state index contributed by atoms with van der Waals surface area (Å²) in [7, 11) is 0. The van der Waals surface area contributed by atoms with Crippen LogP contribution in [-0.2, 0) is 5.60 Å². The fraction of sp³-hybridized carbons (Fsp3) is 0.667. The van der Waals surface area contributed by atoms with Gasteiger partial charge in [0.05, 0.1) is 5.60 Å². The van der Waals surface area contributed by atoms with Gasteiger partial charge in [-0.2, -0.15) is 0 Å². The predicted molar refractivity (Wildman–Crippen MR) is 81.3 cm³/mol. The van der Waals surface area contributed by atoms with Gasteiger partial charge in [-0.05, 0) is 54.6 Å². The molecule has 19 heavy (non-hydrogen) atoms. The van der Waals surface area contributed by atoms with E-state index in [0.717, 1.165) is 31.2 Å². The molecule has 1 heteroatoms. The molecule has 1 N–H and O–H groups in total. The second kappa shape index (κ2) is 5.28. The molecule has 1 aromatic rings.